The van der Waals surface area contributed by atoms with Gasteiger partial charge in [0.05, 0.1) is 19.8 Å². The van der Waals surface area contributed by atoms with Crippen LogP contribution in [0.25, 0.3) is 0 Å². The quantitative estimate of drug-likeness (QED) is 0.693. The zero-order valence-corrected chi connectivity index (χ0v) is 15.6. The maximum atomic E-state index is 12.7. The van der Waals surface area contributed by atoms with Crippen LogP contribution in [-0.2, 0) is 0 Å². The van der Waals surface area contributed by atoms with E-state index in [1.54, 1.807) is 24.3 Å². The first-order valence-corrected chi connectivity index (χ1v) is 8.67. The fourth-order valence-electron chi connectivity index (χ4n) is 2.50. The molecule has 6 nitrogen and oxygen atoms in total. The summed E-state index contributed by atoms with van der Waals surface area (Å²) in [5.74, 6) is 1.27. The van der Waals surface area contributed by atoms with Crippen LogP contribution in [0.5, 0.6) is 23.0 Å². The van der Waals surface area contributed by atoms with Crippen molar-refractivity contribution in [3.63, 3.8) is 0 Å². The normalized spacial score (nSPS) is 10.3. The van der Waals surface area contributed by atoms with Crippen molar-refractivity contribution >= 4 is 11.6 Å². The maximum Gasteiger partial charge on any atom is 0.255 e. The molecule has 2 rings (SSSR count). The molecular formula is C20H25NO5. The molecule has 0 radical (unpaired) electrons. The molecule has 2 aromatic carbocycles. The van der Waals surface area contributed by atoms with Gasteiger partial charge in [-0.25, -0.2) is 0 Å². The van der Waals surface area contributed by atoms with Gasteiger partial charge in [0, 0.05) is 11.3 Å². The highest BCUT2D eigenvalue weighted by Crippen LogP contribution is 2.39. The van der Waals surface area contributed by atoms with E-state index in [0.717, 1.165) is 5.56 Å². The number of ether oxygens (including phenoxy) is 3. The Morgan fingerprint density at radius 3 is 2.04 bits per heavy atom. The Kier molecular flexibility index (Phi) is 6.72. The standard InChI is InChI=1S/C20H25NO5/c1-5-24-17-11-14(12-18(25-6-2)19(17)26-7-3)20(23)21-16-9-8-15(22)10-13(16)4/h8-12,22H,5-7H2,1-4H3,(H,21,23). The van der Waals surface area contributed by atoms with E-state index in [2.05, 4.69) is 5.32 Å². The van der Waals surface area contributed by atoms with Crippen molar-refractivity contribution in [1.29, 1.82) is 0 Å². The van der Waals surface area contributed by atoms with Crippen LogP contribution in [0.2, 0.25) is 0 Å². The molecule has 0 atom stereocenters. The monoisotopic (exact) mass is 359 g/mol. The molecule has 0 bridgehead atoms. The summed E-state index contributed by atoms with van der Waals surface area (Å²) in [5.41, 5.74) is 1.78. The molecule has 0 saturated heterocycles. The van der Waals surface area contributed by atoms with Gasteiger partial charge in [0.1, 0.15) is 5.75 Å². The molecule has 2 N–H and O–H groups in total. The number of rotatable bonds is 8. The number of aryl methyl sites for hydroxylation is 1. The Balaban J connectivity index is 2.38. The minimum absolute atomic E-state index is 0.152. The summed E-state index contributed by atoms with van der Waals surface area (Å²) < 4.78 is 16.9. The molecule has 0 fully saturated rings. The van der Waals surface area contributed by atoms with Gasteiger partial charge in [-0.3, -0.25) is 4.79 Å². The first-order chi connectivity index (χ1) is 12.5. The minimum atomic E-state index is -0.302. The van der Waals surface area contributed by atoms with Gasteiger partial charge in [0.15, 0.2) is 11.5 Å². The predicted octanol–water partition coefficient (Wildman–Crippen LogP) is 4.15. The molecule has 140 valence electrons. The number of anilines is 1. The van der Waals surface area contributed by atoms with Crippen molar-refractivity contribution in [3.05, 3.63) is 41.5 Å². The molecule has 1 amide bonds. The van der Waals surface area contributed by atoms with Crippen molar-refractivity contribution in [2.45, 2.75) is 27.7 Å². The number of aromatic hydroxyl groups is 1. The molecule has 0 saturated carbocycles. The van der Waals surface area contributed by atoms with Crippen molar-refractivity contribution in [1.82, 2.24) is 0 Å². The average molecular weight is 359 g/mol. The third-order valence-corrected chi connectivity index (χ3v) is 3.63. The SMILES string of the molecule is CCOc1cc(C(=O)Nc2ccc(O)cc2C)cc(OCC)c1OCC. The highest BCUT2D eigenvalue weighted by Gasteiger charge is 2.18. The number of benzene rings is 2. The van der Waals surface area contributed by atoms with Crippen LogP contribution < -0.4 is 19.5 Å². The van der Waals surface area contributed by atoms with Crippen molar-refractivity contribution in [2.24, 2.45) is 0 Å². The second kappa shape index (κ2) is 8.99. The number of nitrogens with one attached hydrogen (secondary N) is 1. The summed E-state index contributed by atoms with van der Waals surface area (Å²) >= 11 is 0. The van der Waals surface area contributed by atoms with Gasteiger partial charge in [-0.15, -0.1) is 0 Å². The second-order valence-corrected chi connectivity index (χ2v) is 5.55. The molecule has 26 heavy (non-hydrogen) atoms. The summed E-state index contributed by atoms with van der Waals surface area (Å²) in [4.78, 5) is 12.7. The largest absolute Gasteiger partial charge is 0.508 e. The second-order valence-electron chi connectivity index (χ2n) is 5.55. The number of hydrogen-bond donors (Lipinski definition) is 2. The lowest BCUT2D eigenvalue weighted by atomic mass is 10.1. The molecule has 0 aromatic heterocycles. The molecule has 0 heterocycles. The summed E-state index contributed by atoms with van der Waals surface area (Å²) in [6, 6.07) is 8.05. The van der Waals surface area contributed by atoms with Gasteiger partial charge < -0.3 is 24.6 Å². The highest BCUT2D eigenvalue weighted by atomic mass is 16.5. The van der Waals surface area contributed by atoms with Gasteiger partial charge in [-0.05, 0) is 63.6 Å². The van der Waals surface area contributed by atoms with Crippen molar-refractivity contribution < 1.29 is 24.1 Å². The smallest absolute Gasteiger partial charge is 0.255 e. The summed E-state index contributed by atoms with van der Waals surface area (Å²) in [5, 5.41) is 12.3. The number of amides is 1. The summed E-state index contributed by atoms with van der Waals surface area (Å²) in [6.45, 7) is 8.75. The Bertz CT molecular complexity index is 746. The Morgan fingerprint density at radius 1 is 0.962 bits per heavy atom. The Labute approximate surface area is 153 Å². The van der Waals surface area contributed by atoms with E-state index in [0.29, 0.717) is 48.3 Å². The molecule has 2 aromatic rings. The molecule has 0 spiro atoms. The van der Waals surface area contributed by atoms with Gasteiger partial charge in [-0.2, -0.15) is 0 Å². The topological polar surface area (TPSA) is 77.0 Å². The summed E-state index contributed by atoms with van der Waals surface area (Å²) in [6.07, 6.45) is 0. The maximum absolute atomic E-state index is 12.7. The van der Waals surface area contributed by atoms with Crippen LogP contribution in [0.1, 0.15) is 36.7 Å². The van der Waals surface area contributed by atoms with Crippen LogP contribution in [0, 0.1) is 6.92 Å². The molecule has 6 heteroatoms. The van der Waals surface area contributed by atoms with Crippen LogP contribution in [0.3, 0.4) is 0 Å². The van der Waals surface area contributed by atoms with Crippen molar-refractivity contribution in [2.75, 3.05) is 25.1 Å². The van der Waals surface area contributed by atoms with E-state index in [-0.39, 0.29) is 11.7 Å². The zero-order chi connectivity index (χ0) is 19.1. The Morgan fingerprint density at radius 2 is 1.54 bits per heavy atom. The Hall–Kier alpha value is -2.89. The van der Waals surface area contributed by atoms with Crippen LogP contribution in [0.15, 0.2) is 30.3 Å². The van der Waals surface area contributed by atoms with E-state index in [1.807, 2.05) is 27.7 Å². The fourth-order valence-corrected chi connectivity index (χ4v) is 2.50. The third kappa shape index (κ3) is 4.59. The lowest BCUT2D eigenvalue weighted by Crippen LogP contribution is -2.14. The number of carbonyl (C=O) groups excluding carboxylic acids is 1. The number of phenols is 1. The summed E-state index contributed by atoms with van der Waals surface area (Å²) in [7, 11) is 0. The number of hydrogen-bond acceptors (Lipinski definition) is 5. The molecule has 0 aliphatic rings. The molecular weight excluding hydrogens is 334 g/mol. The zero-order valence-electron chi connectivity index (χ0n) is 15.6. The lowest BCUT2D eigenvalue weighted by molar-refractivity contribution is 0.102. The van der Waals surface area contributed by atoms with E-state index in [1.165, 1.54) is 6.07 Å². The fraction of sp³-hybridized carbons (Fsp3) is 0.350. The molecule has 0 aliphatic carbocycles. The van der Waals surface area contributed by atoms with Crippen LogP contribution in [0.4, 0.5) is 5.69 Å². The first kappa shape index (κ1) is 19.4. The van der Waals surface area contributed by atoms with Gasteiger partial charge in [-0.1, -0.05) is 0 Å². The number of phenolic OH excluding ortho intramolecular Hbond substituents is 1. The van der Waals surface area contributed by atoms with Gasteiger partial charge >= 0.3 is 0 Å². The first-order valence-electron chi connectivity index (χ1n) is 8.67. The predicted molar refractivity (Wildman–Crippen MR) is 101 cm³/mol. The van der Waals surface area contributed by atoms with Crippen LogP contribution in [-0.4, -0.2) is 30.8 Å². The average Bonchev–Trinajstić information content (AvgIpc) is 2.60. The molecule has 0 aliphatic heterocycles. The van der Waals surface area contributed by atoms with E-state index in [4.69, 9.17) is 14.2 Å². The highest BCUT2D eigenvalue weighted by molar-refractivity contribution is 6.05. The van der Waals surface area contributed by atoms with Gasteiger partial charge in [0.2, 0.25) is 5.75 Å². The minimum Gasteiger partial charge on any atom is -0.508 e. The molecule has 0 unspecified atom stereocenters. The van der Waals surface area contributed by atoms with E-state index >= 15 is 0 Å². The van der Waals surface area contributed by atoms with E-state index in [9.17, 15) is 9.90 Å². The third-order valence-electron chi connectivity index (χ3n) is 3.63. The van der Waals surface area contributed by atoms with E-state index < -0.39 is 0 Å². The van der Waals surface area contributed by atoms with Gasteiger partial charge in [0.25, 0.3) is 5.91 Å². The van der Waals surface area contributed by atoms with Crippen LogP contribution >= 0.6 is 0 Å². The van der Waals surface area contributed by atoms with Crippen molar-refractivity contribution in [3.8, 4) is 23.0 Å². The lowest BCUT2D eigenvalue weighted by Gasteiger charge is -2.17. The number of carbonyl (C=O) groups is 1.